The predicted molar refractivity (Wildman–Crippen MR) is 119 cm³/mol. The van der Waals surface area contributed by atoms with E-state index in [0.29, 0.717) is 18.1 Å². The van der Waals surface area contributed by atoms with Gasteiger partial charge in [-0.2, -0.15) is 4.98 Å². The number of thiazole rings is 1. The minimum absolute atomic E-state index is 0.0273. The minimum Gasteiger partial charge on any atom is -0.497 e. The number of carbonyl (C=O) groups excluding carboxylic acids is 2. The largest absolute Gasteiger partial charge is 0.497 e. The van der Waals surface area contributed by atoms with Crippen LogP contribution >= 0.6 is 11.3 Å². The van der Waals surface area contributed by atoms with Crippen LogP contribution in [0.5, 0.6) is 5.75 Å². The molecule has 31 heavy (non-hydrogen) atoms. The maximum atomic E-state index is 12.7. The number of likely N-dealkylation sites (tertiary alicyclic amines) is 1. The smallest absolute Gasteiger partial charge is 0.250 e. The Bertz CT molecular complexity index is 1070. The topological polar surface area (TPSA) is 92.1 Å². The molecule has 0 radical (unpaired) electrons. The van der Waals surface area contributed by atoms with Gasteiger partial charge in [-0.3, -0.25) is 14.9 Å². The number of methoxy groups -OCH3 is 1. The summed E-state index contributed by atoms with van der Waals surface area (Å²) in [6.45, 7) is 2.02. The van der Waals surface area contributed by atoms with Gasteiger partial charge in [0.25, 0.3) is 0 Å². The van der Waals surface area contributed by atoms with Crippen molar-refractivity contribution in [3.05, 3.63) is 29.6 Å². The number of nitrogens with one attached hydrogen (secondary N) is 1. The first-order chi connectivity index (χ1) is 14.9. The Labute approximate surface area is 184 Å². The van der Waals surface area contributed by atoms with E-state index in [0.717, 1.165) is 30.0 Å². The minimum atomic E-state index is -0.380. The summed E-state index contributed by atoms with van der Waals surface area (Å²) in [7, 11) is 5.64. The van der Waals surface area contributed by atoms with Crippen molar-refractivity contribution >= 4 is 34.1 Å². The molecular formula is C21H26N6O3S. The molecule has 1 unspecified atom stereocenters. The van der Waals surface area contributed by atoms with Crippen molar-refractivity contribution in [3.63, 3.8) is 0 Å². The summed E-state index contributed by atoms with van der Waals surface area (Å²) in [5.41, 5.74) is 1.86. The number of amides is 2. The van der Waals surface area contributed by atoms with Gasteiger partial charge >= 0.3 is 0 Å². The summed E-state index contributed by atoms with van der Waals surface area (Å²) in [5, 5.41) is 9.22. The Morgan fingerprint density at radius 3 is 2.81 bits per heavy atom. The molecule has 1 N–H and O–H groups in total. The van der Waals surface area contributed by atoms with Gasteiger partial charge in [-0.05, 0) is 51.3 Å². The number of hydrogen-bond acceptors (Lipinski definition) is 7. The van der Waals surface area contributed by atoms with Crippen molar-refractivity contribution in [2.75, 3.05) is 46.2 Å². The van der Waals surface area contributed by atoms with Crippen LogP contribution in [0.4, 0.5) is 5.95 Å². The van der Waals surface area contributed by atoms with E-state index in [9.17, 15) is 9.59 Å². The van der Waals surface area contributed by atoms with E-state index in [1.165, 1.54) is 11.3 Å². The van der Waals surface area contributed by atoms with Gasteiger partial charge in [-0.25, -0.2) is 4.52 Å². The number of fused-ring (bicyclic) bond motifs is 1. The fourth-order valence-electron chi connectivity index (χ4n) is 3.65. The Morgan fingerprint density at radius 2 is 2.10 bits per heavy atom. The van der Waals surface area contributed by atoms with Gasteiger partial charge in [0.2, 0.25) is 22.7 Å². The molecule has 164 valence electrons. The van der Waals surface area contributed by atoms with Crippen LogP contribution in [0.15, 0.2) is 29.6 Å². The maximum Gasteiger partial charge on any atom is 0.250 e. The molecule has 0 saturated carbocycles. The summed E-state index contributed by atoms with van der Waals surface area (Å²) < 4.78 is 6.93. The van der Waals surface area contributed by atoms with Crippen LogP contribution < -0.4 is 10.1 Å². The Kier molecular flexibility index (Phi) is 6.19. The quantitative estimate of drug-likeness (QED) is 0.575. The fraction of sp³-hybridized carbons (Fsp3) is 0.429. The number of rotatable bonds is 8. The van der Waals surface area contributed by atoms with Crippen molar-refractivity contribution in [2.24, 2.45) is 5.92 Å². The molecule has 1 atom stereocenters. The predicted octanol–water partition coefficient (Wildman–Crippen LogP) is 2.21. The van der Waals surface area contributed by atoms with Crippen LogP contribution in [0.1, 0.15) is 12.8 Å². The van der Waals surface area contributed by atoms with Gasteiger partial charge in [0, 0.05) is 30.5 Å². The van der Waals surface area contributed by atoms with Crippen molar-refractivity contribution < 1.29 is 14.3 Å². The molecule has 0 spiro atoms. The summed E-state index contributed by atoms with van der Waals surface area (Å²) in [5.74, 6) is 0.468. The molecule has 9 nitrogen and oxygen atoms in total. The highest BCUT2D eigenvalue weighted by molar-refractivity contribution is 7.15. The molecule has 1 fully saturated rings. The third kappa shape index (κ3) is 4.70. The van der Waals surface area contributed by atoms with E-state index >= 15 is 0 Å². The van der Waals surface area contributed by atoms with E-state index in [2.05, 4.69) is 20.3 Å². The highest BCUT2D eigenvalue weighted by atomic mass is 32.1. The van der Waals surface area contributed by atoms with Crippen LogP contribution in [-0.2, 0) is 9.59 Å². The SMILES string of the molecule is COc1ccc(-c2csc3nc(NC(=O)C4CC(=O)N(CCCN(C)C)C4)nn23)cc1. The van der Waals surface area contributed by atoms with Crippen LogP contribution in [0, 0.1) is 5.92 Å². The molecule has 1 aliphatic rings. The van der Waals surface area contributed by atoms with Crippen molar-refractivity contribution in [3.8, 4) is 17.0 Å². The third-order valence-corrected chi connectivity index (χ3v) is 6.14. The number of carbonyl (C=O) groups is 2. The van der Waals surface area contributed by atoms with Crippen molar-refractivity contribution in [2.45, 2.75) is 12.8 Å². The first-order valence-corrected chi connectivity index (χ1v) is 11.0. The molecule has 2 aromatic heterocycles. The number of ether oxygens (including phenoxy) is 1. The zero-order valence-electron chi connectivity index (χ0n) is 17.9. The molecule has 3 heterocycles. The Morgan fingerprint density at radius 1 is 1.32 bits per heavy atom. The summed E-state index contributed by atoms with van der Waals surface area (Å²) in [4.78, 5) is 33.9. The fourth-order valence-corrected chi connectivity index (χ4v) is 4.48. The van der Waals surface area contributed by atoms with Gasteiger partial charge in [0.05, 0.1) is 18.7 Å². The number of nitrogens with zero attached hydrogens (tertiary/aromatic N) is 5. The second-order valence-corrected chi connectivity index (χ2v) is 8.70. The lowest BCUT2D eigenvalue weighted by atomic mass is 10.1. The van der Waals surface area contributed by atoms with Crippen LogP contribution in [0.2, 0.25) is 0 Å². The first-order valence-electron chi connectivity index (χ1n) is 10.2. The van der Waals surface area contributed by atoms with Crippen molar-refractivity contribution in [1.29, 1.82) is 0 Å². The summed E-state index contributed by atoms with van der Waals surface area (Å²) in [6.07, 6.45) is 1.12. The van der Waals surface area contributed by atoms with Gasteiger partial charge in [0.15, 0.2) is 0 Å². The van der Waals surface area contributed by atoms with Gasteiger partial charge in [0.1, 0.15) is 5.75 Å². The normalized spacial score (nSPS) is 16.5. The standard InChI is InChI=1S/C21H26N6O3S/c1-25(2)9-4-10-26-12-15(11-18(26)28)19(29)22-20-23-21-27(24-20)17(13-31-21)14-5-7-16(30-3)8-6-14/h5-8,13,15H,4,9-12H2,1-3H3,(H,22,24,29). The van der Waals surface area contributed by atoms with Crippen LogP contribution in [-0.4, -0.2) is 77.1 Å². The Balaban J connectivity index is 1.41. The number of benzene rings is 1. The summed E-state index contributed by atoms with van der Waals surface area (Å²) >= 11 is 1.45. The van der Waals surface area contributed by atoms with Gasteiger partial charge < -0.3 is 14.5 Å². The molecule has 0 aliphatic carbocycles. The Hall–Kier alpha value is -2.98. The van der Waals surface area contributed by atoms with E-state index in [-0.39, 0.29) is 30.1 Å². The second-order valence-electron chi connectivity index (χ2n) is 7.87. The van der Waals surface area contributed by atoms with E-state index in [1.807, 2.05) is 43.7 Å². The lowest BCUT2D eigenvalue weighted by molar-refractivity contribution is -0.128. The average Bonchev–Trinajstić information content (AvgIpc) is 3.42. The molecule has 1 saturated heterocycles. The number of hydrogen-bond donors (Lipinski definition) is 1. The van der Waals surface area contributed by atoms with E-state index < -0.39 is 0 Å². The second kappa shape index (κ2) is 9.03. The number of aromatic nitrogens is 3. The maximum absolute atomic E-state index is 12.7. The molecular weight excluding hydrogens is 416 g/mol. The van der Waals surface area contributed by atoms with E-state index in [1.54, 1.807) is 16.5 Å². The molecule has 2 amide bonds. The number of anilines is 1. The first kappa shape index (κ1) is 21.3. The molecule has 0 bridgehead atoms. The zero-order valence-corrected chi connectivity index (χ0v) is 18.7. The third-order valence-electron chi connectivity index (χ3n) is 5.32. The highest BCUT2D eigenvalue weighted by Crippen LogP contribution is 2.28. The zero-order chi connectivity index (χ0) is 22.0. The molecule has 1 aliphatic heterocycles. The monoisotopic (exact) mass is 442 g/mol. The lowest BCUT2D eigenvalue weighted by Crippen LogP contribution is -2.30. The van der Waals surface area contributed by atoms with Crippen molar-refractivity contribution in [1.82, 2.24) is 24.4 Å². The molecule has 4 rings (SSSR count). The summed E-state index contributed by atoms with van der Waals surface area (Å²) in [6, 6.07) is 7.68. The van der Waals surface area contributed by atoms with E-state index in [4.69, 9.17) is 4.74 Å². The average molecular weight is 443 g/mol. The van der Waals surface area contributed by atoms with Crippen LogP contribution in [0.25, 0.3) is 16.2 Å². The van der Waals surface area contributed by atoms with Crippen LogP contribution in [0.3, 0.4) is 0 Å². The lowest BCUT2D eigenvalue weighted by Gasteiger charge is -2.17. The molecule has 10 heteroatoms. The molecule has 1 aromatic carbocycles. The molecule has 3 aromatic rings. The van der Waals surface area contributed by atoms with Gasteiger partial charge in [-0.15, -0.1) is 16.4 Å². The highest BCUT2D eigenvalue weighted by Gasteiger charge is 2.34. The van der Waals surface area contributed by atoms with Gasteiger partial charge in [-0.1, -0.05) is 0 Å².